The molecule has 0 radical (unpaired) electrons. The van der Waals surface area contributed by atoms with Crippen molar-refractivity contribution in [2.24, 2.45) is 0 Å². The molecule has 2 aromatic rings. The van der Waals surface area contributed by atoms with E-state index in [4.69, 9.17) is 9.47 Å². The largest absolute Gasteiger partial charge is 0.673 e. The van der Waals surface area contributed by atoms with Crippen molar-refractivity contribution in [2.75, 3.05) is 13.2 Å². The molecule has 0 aliphatic carbocycles. The first-order chi connectivity index (χ1) is 10.8. The van der Waals surface area contributed by atoms with Crippen LogP contribution in [-0.2, 0) is 0 Å². The van der Waals surface area contributed by atoms with Gasteiger partial charge in [0.05, 0.1) is 25.6 Å². The lowest BCUT2D eigenvalue weighted by atomic mass is 10.3. The van der Waals surface area contributed by atoms with Crippen molar-refractivity contribution in [1.82, 2.24) is 15.0 Å². The molecule has 6 nitrogen and oxygen atoms in total. The van der Waals surface area contributed by atoms with Gasteiger partial charge < -0.3 is 26.7 Å². The zero-order valence-corrected chi connectivity index (χ0v) is 12.5. The third-order valence-corrected chi connectivity index (χ3v) is 2.08. The van der Waals surface area contributed by atoms with E-state index in [1.165, 1.54) is 0 Å². The Morgan fingerprint density at radius 3 is 1.70 bits per heavy atom. The fraction of sp³-hybridized carbons (Fsp3) is 0.333. The fourth-order valence-corrected chi connectivity index (χ4v) is 1.36. The van der Waals surface area contributed by atoms with Crippen LogP contribution in [-0.4, -0.2) is 35.4 Å². The number of halogens is 4. The summed E-state index contributed by atoms with van der Waals surface area (Å²) in [6.45, 7) is 4.74. The van der Waals surface area contributed by atoms with E-state index in [9.17, 15) is 17.3 Å². The van der Waals surface area contributed by atoms with Crippen LogP contribution >= 0.6 is 0 Å². The van der Waals surface area contributed by atoms with Gasteiger partial charge in [0.2, 0.25) is 0 Å². The quantitative estimate of drug-likeness (QED) is 0.477. The van der Waals surface area contributed by atoms with Crippen LogP contribution in [0.4, 0.5) is 17.3 Å². The molecule has 11 heteroatoms. The standard InChI is InChI=1S/C12H15N4O2.BF4/c1-3-17-11-13-10(14-12(15-11)18-4-2)16-8-6-5-7-9-16;2-1(3,4)5/h5-9H,3-4H2,1-2H3;/q+1;-1. The minimum Gasteiger partial charge on any atom is -0.451 e. The maximum Gasteiger partial charge on any atom is 0.673 e. The minimum atomic E-state index is -6.00. The number of ether oxygens (including phenoxy) is 2. The molecule has 0 aliphatic heterocycles. The lowest BCUT2D eigenvalue weighted by Crippen LogP contribution is -2.32. The first-order valence-corrected chi connectivity index (χ1v) is 6.69. The summed E-state index contributed by atoms with van der Waals surface area (Å²) in [5.41, 5.74) is 0. The van der Waals surface area contributed by atoms with Crippen LogP contribution < -0.4 is 14.0 Å². The predicted octanol–water partition coefficient (Wildman–Crippen LogP) is 2.25. The van der Waals surface area contributed by atoms with Crippen molar-refractivity contribution in [1.29, 1.82) is 0 Å². The highest BCUT2D eigenvalue weighted by Crippen LogP contribution is 2.09. The van der Waals surface area contributed by atoms with E-state index in [1.807, 2.05) is 44.4 Å². The maximum absolute atomic E-state index is 9.75. The van der Waals surface area contributed by atoms with Crippen molar-refractivity contribution in [3.8, 4) is 18.0 Å². The fourth-order valence-electron chi connectivity index (χ4n) is 1.36. The van der Waals surface area contributed by atoms with Crippen LogP contribution in [0.3, 0.4) is 0 Å². The lowest BCUT2D eigenvalue weighted by Gasteiger charge is -2.01. The molecule has 0 saturated heterocycles. The van der Waals surface area contributed by atoms with Crippen molar-refractivity contribution < 1.29 is 31.3 Å². The predicted molar refractivity (Wildman–Crippen MR) is 73.9 cm³/mol. The molecule has 0 fully saturated rings. The molecule has 0 bridgehead atoms. The van der Waals surface area contributed by atoms with Crippen LogP contribution in [0.1, 0.15) is 13.8 Å². The van der Waals surface area contributed by atoms with E-state index in [0.29, 0.717) is 19.2 Å². The molecule has 2 heterocycles. The molecular weight excluding hydrogens is 319 g/mol. The average molecular weight is 334 g/mol. The molecule has 0 saturated carbocycles. The summed E-state index contributed by atoms with van der Waals surface area (Å²) in [5.74, 6) is 0.470. The topological polar surface area (TPSA) is 61.0 Å². The van der Waals surface area contributed by atoms with E-state index in [2.05, 4.69) is 15.0 Å². The highest BCUT2D eigenvalue weighted by Gasteiger charge is 2.20. The number of aromatic nitrogens is 4. The van der Waals surface area contributed by atoms with Crippen molar-refractivity contribution >= 4 is 7.25 Å². The third-order valence-electron chi connectivity index (χ3n) is 2.08. The van der Waals surface area contributed by atoms with Crippen LogP contribution in [0, 0.1) is 0 Å². The van der Waals surface area contributed by atoms with E-state index >= 15 is 0 Å². The summed E-state index contributed by atoms with van der Waals surface area (Å²) >= 11 is 0. The van der Waals surface area contributed by atoms with Crippen LogP contribution in [0.2, 0.25) is 0 Å². The molecule has 23 heavy (non-hydrogen) atoms. The Morgan fingerprint density at radius 2 is 1.30 bits per heavy atom. The van der Waals surface area contributed by atoms with Gasteiger partial charge in [0.25, 0.3) is 0 Å². The van der Waals surface area contributed by atoms with Gasteiger partial charge in [-0.3, -0.25) is 0 Å². The molecule has 2 aromatic heterocycles. The molecular formula is C12H15BF4N4O2. The zero-order chi connectivity index (χ0) is 17.3. The van der Waals surface area contributed by atoms with Crippen LogP contribution in [0.25, 0.3) is 5.95 Å². The molecule has 0 atom stereocenters. The number of nitrogens with zero attached hydrogens (tertiary/aromatic N) is 4. The average Bonchev–Trinajstić information content (AvgIpc) is 2.47. The molecule has 0 aliphatic rings. The monoisotopic (exact) mass is 334 g/mol. The SMILES string of the molecule is CCOc1nc(OCC)nc(-[n+]2ccccc2)n1.F[B-](F)(F)F. The Balaban J connectivity index is 0.000000463. The Morgan fingerprint density at radius 1 is 0.870 bits per heavy atom. The maximum atomic E-state index is 9.75. The first-order valence-electron chi connectivity index (χ1n) is 6.69. The summed E-state index contributed by atoms with van der Waals surface area (Å²) < 4.78 is 51.4. The molecule has 126 valence electrons. The molecule has 0 aromatic carbocycles. The van der Waals surface area contributed by atoms with Gasteiger partial charge in [-0.2, -0.15) is 0 Å². The second kappa shape index (κ2) is 8.86. The smallest absolute Gasteiger partial charge is 0.451 e. The van der Waals surface area contributed by atoms with Gasteiger partial charge in [0, 0.05) is 0 Å². The van der Waals surface area contributed by atoms with E-state index in [0.717, 1.165) is 0 Å². The Hall–Kier alpha value is -2.46. The Bertz CT molecular complexity index is 571. The second-order valence-corrected chi connectivity index (χ2v) is 3.84. The van der Waals surface area contributed by atoms with Gasteiger partial charge in [0.15, 0.2) is 0 Å². The summed E-state index contributed by atoms with van der Waals surface area (Å²) in [6, 6.07) is 6.24. The highest BCUT2D eigenvalue weighted by molar-refractivity contribution is 6.50. The summed E-state index contributed by atoms with van der Waals surface area (Å²) in [7, 11) is -6.00. The summed E-state index contributed by atoms with van der Waals surface area (Å²) in [5, 5.41) is 0. The number of hydrogen-bond donors (Lipinski definition) is 0. The van der Waals surface area contributed by atoms with Gasteiger partial charge in [-0.1, -0.05) is 6.07 Å². The van der Waals surface area contributed by atoms with Gasteiger partial charge in [-0.05, 0) is 35.9 Å². The van der Waals surface area contributed by atoms with Gasteiger partial charge in [-0.15, -0.1) is 4.98 Å². The lowest BCUT2D eigenvalue weighted by molar-refractivity contribution is -0.603. The zero-order valence-electron chi connectivity index (χ0n) is 12.5. The van der Waals surface area contributed by atoms with Crippen molar-refractivity contribution in [3.05, 3.63) is 30.6 Å². The summed E-state index contributed by atoms with van der Waals surface area (Å²) in [4.78, 5) is 12.5. The van der Waals surface area contributed by atoms with Crippen molar-refractivity contribution in [3.63, 3.8) is 0 Å². The second-order valence-electron chi connectivity index (χ2n) is 3.84. The van der Waals surface area contributed by atoms with Gasteiger partial charge in [-0.25, -0.2) is 4.57 Å². The van der Waals surface area contributed by atoms with Gasteiger partial charge in [0.1, 0.15) is 0 Å². The number of hydrogen-bond acceptors (Lipinski definition) is 5. The Kier molecular flexibility index (Phi) is 7.16. The molecule has 0 unspecified atom stereocenters. The first kappa shape index (κ1) is 18.6. The van der Waals surface area contributed by atoms with E-state index in [-0.39, 0.29) is 12.0 Å². The molecule has 0 amide bonds. The number of rotatable bonds is 5. The minimum absolute atomic E-state index is 0.266. The summed E-state index contributed by atoms with van der Waals surface area (Å²) in [6.07, 6.45) is 3.70. The Labute approximate surface area is 130 Å². The normalized spacial score (nSPS) is 10.5. The third kappa shape index (κ3) is 7.93. The molecule has 0 spiro atoms. The molecule has 2 rings (SSSR count). The van der Waals surface area contributed by atoms with Crippen molar-refractivity contribution in [2.45, 2.75) is 13.8 Å². The number of pyridine rings is 1. The van der Waals surface area contributed by atoms with Crippen LogP contribution in [0.15, 0.2) is 30.6 Å². The van der Waals surface area contributed by atoms with E-state index in [1.54, 1.807) is 4.57 Å². The molecule has 0 N–H and O–H groups in total. The van der Waals surface area contributed by atoms with Gasteiger partial charge >= 0.3 is 25.2 Å². The highest BCUT2D eigenvalue weighted by atomic mass is 19.5. The van der Waals surface area contributed by atoms with E-state index < -0.39 is 7.25 Å². The van der Waals surface area contributed by atoms with Crippen LogP contribution in [0.5, 0.6) is 12.0 Å².